The summed E-state index contributed by atoms with van der Waals surface area (Å²) in [5.41, 5.74) is 6.11. The molecule has 8 aromatic carbocycles. The highest BCUT2D eigenvalue weighted by molar-refractivity contribution is 6.11. The summed E-state index contributed by atoms with van der Waals surface area (Å²) < 4.78 is 24.5. The van der Waals surface area contributed by atoms with Gasteiger partial charge in [-0.05, 0) is 117 Å². The van der Waals surface area contributed by atoms with Crippen LogP contribution in [-0.2, 0) is 0 Å². The molecule has 6 heteroatoms. The van der Waals surface area contributed by atoms with E-state index in [-0.39, 0.29) is 0 Å². The van der Waals surface area contributed by atoms with Crippen molar-refractivity contribution in [3.63, 3.8) is 0 Å². The Labute approximate surface area is 376 Å². The standard InChI is InChI=1S/C58H54O6/c1-3-5-7-13-39-61-49-33-27-43(28-34-49)41-19-23-47(24-20-41)57(59)63-53-37-31-45-15-9-11-17-51(45)55(53)56-52-18-12-10-16-46(52)32-38-54(56)64-58(60)48-25-21-42(22-26-48)44-29-35-50(36-30-44)62-40-14-8-6-4-2/h9-12,15-38H,3-8,13-14,39-40H2,1-2H3. The minimum atomic E-state index is -0.502. The molecule has 0 spiro atoms. The highest BCUT2D eigenvalue weighted by Crippen LogP contribution is 2.46. The van der Waals surface area contributed by atoms with E-state index in [4.69, 9.17) is 18.9 Å². The lowest BCUT2D eigenvalue weighted by atomic mass is 9.92. The monoisotopic (exact) mass is 846 g/mol. The van der Waals surface area contributed by atoms with Crippen molar-refractivity contribution in [3.05, 3.63) is 181 Å². The number of benzene rings is 8. The second-order valence-corrected chi connectivity index (χ2v) is 16.1. The van der Waals surface area contributed by atoms with E-state index in [0.717, 1.165) is 68.1 Å². The van der Waals surface area contributed by atoms with E-state index in [9.17, 15) is 9.59 Å². The molecular formula is C58H54O6. The molecule has 0 aromatic heterocycles. The van der Waals surface area contributed by atoms with Gasteiger partial charge in [-0.15, -0.1) is 0 Å². The minimum absolute atomic E-state index is 0.351. The number of unbranched alkanes of at least 4 members (excludes halogenated alkanes) is 6. The lowest BCUT2D eigenvalue weighted by Gasteiger charge is -2.19. The van der Waals surface area contributed by atoms with Crippen LogP contribution in [0, 0.1) is 0 Å². The molecule has 0 aliphatic heterocycles. The summed E-state index contributed by atoms with van der Waals surface area (Å²) in [5, 5.41) is 3.59. The molecule has 0 amide bonds. The van der Waals surface area contributed by atoms with Gasteiger partial charge in [0, 0.05) is 11.1 Å². The van der Waals surface area contributed by atoms with Crippen molar-refractivity contribution in [2.24, 2.45) is 0 Å². The fourth-order valence-electron chi connectivity index (χ4n) is 8.03. The fourth-order valence-corrected chi connectivity index (χ4v) is 8.03. The predicted octanol–water partition coefficient (Wildman–Crippen LogP) is 15.4. The van der Waals surface area contributed by atoms with Crippen LogP contribution in [0.5, 0.6) is 23.0 Å². The summed E-state index contributed by atoms with van der Waals surface area (Å²) >= 11 is 0. The van der Waals surface area contributed by atoms with Crippen LogP contribution < -0.4 is 18.9 Å². The van der Waals surface area contributed by atoms with Crippen LogP contribution >= 0.6 is 0 Å². The molecule has 0 aliphatic rings. The fraction of sp³-hybridized carbons (Fsp3) is 0.207. The number of hydrogen-bond donors (Lipinski definition) is 0. The van der Waals surface area contributed by atoms with Crippen molar-refractivity contribution < 1.29 is 28.5 Å². The van der Waals surface area contributed by atoms with Crippen molar-refractivity contribution in [2.75, 3.05) is 13.2 Å². The van der Waals surface area contributed by atoms with Crippen molar-refractivity contribution >= 4 is 33.5 Å². The third-order valence-corrected chi connectivity index (χ3v) is 11.6. The van der Waals surface area contributed by atoms with Crippen molar-refractivity contribution in [1.29, 1.82) is 0 Å². The van der Waals surface area contributed by atoms with Gasteiger partial charge in [0.2, 0.25) is 0 Å². The molecule has 8 rings (SSSR count). The summed E-state index contributed by atoms with van der Waals surface area (Å²) in [6.07, 6.45) is 9.29. The largest absolute Gasteiger partial charge is 0.494 e. The van der Waals surface area contributed by atoms with Gasteiger partial charge in [0.05, 0.1) is 24.3 Å². The predicted molar refractivity (Wildman–Crippen MR) is 260 cm³/mol. The second-order valence-electron chi connectivity index (χ2n) is 16.1. The first kappa shape index (κ1) is 43.5. The SMILES string of the molecule is CCCCCCOc1ccc(-c2ccc(C(=O)Oc3ccc4ccccc4c3-c3c(OC(=O)c4ccc(-c5ccc(OCCCCCC)cc5)cc4)ccc4ccccc34)cc2)cc1. The molecule has 64 heavy (non-hydrogen) atoms. The molecule has 0 N–H and O–H groups in total. The van der Waals surface area contributed by atoms with Crippen molar-refractivity contribution in [2.45, 2.75) is 65.2 Å². The molecule has 0 saturated carbocycles. The Morgan fingerprint density at radius 3 is 1.11 bits per heavy atom. The Hall–Kier alpha value is -7.18. The van der Waals surface area contributed by atoms with Crippen molar-refractivity contribution in [1.82, 2.24) is 0 Å². The lowest BCUT2D eigenvalue weighted by Crippen LogP contribution is -2.11. The molecule has 0 saturated heterocycles. The van der Waals surface area contributed by atoms with Gasteiger partial charge in [-0.2, -0.15) is 0 Å². The number of carbonyl (C=O) groups excluding carboxylic acids is 2. The topological polar surface area (TPSA) is 71.1 Å². The molecule has 0 unspecified atom stereocenters. The zero-order valence-electron chi connectivity index (χ0n) is 36.7. The van der Waals surface area contributed by atoms with Crippen LogP contribution in [0.1, 0.15) is 85.9 Å². The summed E-state index contributed by atoms with van der Waals surface area (Å²) in [6, 6.07) is 54.3. The van der Waals surface area contributed by atoms with Crippen molar-refractivity contribution in [3.8, 4) is 56.4 Å². The van der Waals surface area contributed by atoms with E-state index < -0.39 is 11.9 Å². The summed E-state index contributed by atoms with van der Waals surface area (Å²) in [5.74, 6) is 1.40. The zero-order valence-corrected chi connectivity index (χ0v) is 36.7. The van der Waals surface area contributed by atoms with E-state index in [1.54, 1.807) is 24.3 Å². The van der Waals surface area contributed by atoms with E-state index in [0.29, 0.717) is 47.0 Å². The maximum Gasteiger partial charge on any atom is 0.343 e. The Morgan fingerprint density at radius 1 is 0.375 bits per heavy atom. The highest BCUT2D eigenvalue weighted by Gasteiger charge is 2.23. The van der Waals surface area contributed by atoms with E-state index in [2.05, 4.69) is 13.8 Å². The van der Waals surface area contributed by atoms with E-state index in [1.807, 2.05) is 146 Å². The Kier molecular flexibility index (Phi) is 14.4. The van der Waals surface area contributed by atoms with Crippen LogP contribution in [0.25, 0.3) is 54.9 Å². The summed E-state index contributed by atoms with van der Waals surface area (Å²) in [6.45, 7) is 5.83. The number of rotatable bonds is 19. The molecular weight excluding hydrogens is 793 g/mol. The smallest absolute Gasteiger partial charge is 0.343 e. The molecule has 0 aliphatic carbocycles. The molecule has 0 radical (unpaired) electrons. The molecule has 0 heterocycles. The number of esters is 2. The van der Waals surface area contributed by atoms with E-state index >= 15 is 0 Å². The first-order valence-electron chi connectivity index (χ1n) is 22.6. The van der Waals surface area contributed by atoms with Crippen LogP contribution in [0.15, 0.2) is 170 Å². The number of fused-ring (bicyclic) bond motifs is 2. The minimum Gasteiger partial charge on any atom is -0.494 e. The number of hydrogen-bond acceptors (Lipinski definition) is 6. The van der Waals surface area contributed by atoms with Gasteiger partial charge in [0.15, 0.2) is 0 Å². The Bertz CT molecular complexity index is 2610. The van der Waals surface area contributed by atoms with Gasteiger partial charge in [-0.3, -0.25) is 0 Å². The summed E-state index contributed by atoms with van der Waals surface area (Å²) in [4.78, 5) is 28.0. The Balaban J connectivity index is 1.03. The van der Waals surface area contributed by atoms with Gasteiger partial charge in [-0.1, -0.05) is 162 Å². The third-order valence-electron chi connectivity index (χ3n) is 11.6. The van der Waals surface area contributed by atoms with Gasteiger partial charge in [0.25, 0.3) is 0 Å². The second kappa shape index (κ2) is 21.3. The average molecular weight is 847 g/mol. The number of ether oxygens (including phenoxy) is 4. The Morgan fingerprint density at radius 2 is 0.734 bits per heavy atom. The molecule has 6 nitrogen and oxygen atoms in total. The average Bonchev–Trinajstić information content (AvgIpc) is 3.34. The summed E-state index contributed by atoms with van der Waals surface area (Å²) in [7, 11) is 0. The van der Waals surface area contributed by atoms with Crippen LogP contribution in [0.3, 0.4) is 0 Å². The van der Waals surface area contributed by atoms with Crippen LogP contribution in [0.4, 0.5) is 0 Å². The molecule has 8 aromatic rings. The van der Waals surface area contributed by atoms with E-state index in [1.165, 1.54) is 38.5 Å². The maximum atomic E-state index is 14.0. The normalized spacial score (nSPS) is 11.1. The first-order valence-corrected chi connectivity index (χ1v) is 22.6. The molecule has 0 bridgehead atoms. The van der Waals surface area contributed by atoms with Gasteiger partial charge < -0.3 is 18.9 Å². The van der Waals surface area contributed by atoms with Gasteiger partial charge in [0.1, 0.15) is 23.0 Å². The molecule has 322 valence electrons. The molecule has 0 atom stereocenters. The maximum absolute atomic E-state index is 14.0. The lowest BCUT2D eigenvalue weighted by molar-refractivity contribution is 0.0723. The zero-order chi connectivity index (χ0) is 44.1. The van der Waals surface area contributed by atoms with Crippen LogP contribution in [-0.4, -0.2) is 25.2 Å². The number of carbonyl (C=O) groups is 2. The van der Waals surface area contributed by atoms with Gasteiger partial charge in [-0.25, -0.2) is 9.59 Å². The first-order chi connectivity index (χ1) is 31.5. The quantitative estimate of drug-likeness (QED) is 0.0459. The highest BCUT2D eigenvalue weighted by atomic mass is 16.5. The van der Waals surface area contributed by atoms with Crippen LogP contribution in [0.2, 0.25) is 0 Å². The van der Waals surface area contributed by atoms with Gasteiger partial charge >= 0.3 is 11.9 Å². The third kappa shape index (κ3) is 10.5. The molecule has 0 fully saturated rings.